The van der Waals surface area contributed by atoms with Gasteiger partial charge in [0.15, 0.2) is 0 Å². The van der Waals surface area contributed by atoms with Crippen LogP contribution in [0.25, 0.3) is 0 Å². The fourth-order valence-corrected chi connectivity index (χ4v) is 2.87. The van der Waals surface area contributed by atoms with Gasteiger partial charge in [0.1, 0.15) is 5.82 Å². The van der Waals surface area contributed by atoms with Crippen LogP contribution >= 0.6 is 27.5 Å². The molecule has 0 radical (unpaired) electrons. The van der Waals surface area contributed by atoms with Gasteiger partial charge in [-0.25, -0.2) is 4.39 Å². The molecule has 1 saturated carbocycles. The molecule has 1 aromatic rings. The van der Waals surface area contributed by atoms with E-state index in [-0.39, 0.29) is 11.2 Å². The lowest BCUT2D eigenvalue weighted by atomic mass is 9.67. The molecule has 0 saturated heterocycles. The highest BCUT2D eigenvalue weighted by molar-refractivity contribution is 9.10. The normalized spacial score (nSPS) is 18.6. The lowest BCUT2D eigenvalue weighted by Crippen LogP contribution is -2.33. The van der Waals surface area contributed by atoms with Crippen LogP contribution in [0.1, 0.15) is 24.8 Å². The first-order chi connectivity index (χ1) is 7.15. The van der Waals surface area contributed by atoms with Gasteiger partial charge in [-0.3, -0.25) is 0 Å². The SMILES string of the molecule is Fc1ccc(Br)c(CC2(CCl)CCC2)c1. The highest BCUT2D eigenvalue weighted by Gasteiger charge is 2.36. The van der Waals surface area contributed by atoms with Gasteiger partial charge in [0.25, 0.3) is 0 Å². The van der Waals surface area contributed by atoms with E-state index in [2.05, 4.69) is 15.9 Å². The quantitative estimate of drug-likeness (QED) is 0.717. The standard InChI is InChI=1S/C12H13BrClF/c13-11-3-2-10(15)6-9(11)7-12(8-14)4-1-5-12/h2-3,6H,1,4-5,7-8H2. The maximum absolute atomic E-state index is 13.1. The van der Waals surface area contributed by atoms with Crippen molar-refractivity contribution in [1.82, 2.24) is 0 Å². The van der Waals surface area contributed by atoms with E-state index in [0.717, 1.165) is 16.5 Å². The second-order valence-corrected chi connectivity index (χ2v) is 5.52. The van der Waals surface area contributed by atoms with Crippen LogP contribution in [-0.4, -0.2) is 5.88 Å². The van der Waals surface area contributed by atoms with E-state index in [1.807, 2.05) is 0 Å². The number of halogens is 3. The predicted molar refractivity (Wildman–Crippen MR) is 64.8 cm³/mol. The van der Waals surface area contributed by atoms with E-state index in [1.54, 1.807) is 12.1 Å². The van der Waals surface area contributed by atoms with E-state index >= 15 is 0 Å². The van der Waals surface area contributed by atoms with Gasteiger partial charge in [0.05, 0.1) is 0 Å². The third kappa shape index (κ3) is 2.36. The molecular formula is C12H13BrClF. The Bertz CT molecular complexity index is 355. The molecule has 0 spiro atoms. The first-order valence-corrected chi connectivity index (χ1v) is 6.48. The Balaban J connectivity index is 2.19. The Hall–Kier alpha value is -0.0800. The lowest BCUT2D eigenvalue weighted by Gasteiger charge is -2.40. The summed E-state index contributed by atoms with van der Waals surface area (Å²) < 4.78 is 14.1. The summed E-state index contributed by atoms with van der Waals surface area (Å²) in [5.74, 6) is 0.507. The van der Waals surface area contributed by atoms with Gasteiger partial charge < -0.3 is 0 Å². The summed E-state index contributed by atoms with van der Waals surface area (Å²) in [4.78, 5) is 0. The molecule has 3 heteroatoms. The smallest absolute Gasteiger partial charge is 0.123 e. The summed E-state index contributed by atoms with van der Waals surface area (Å²) in [6.07, 6.45) is 4.47. The number of alkyl halides is 1. The summed E-state index contributed by atoms with van der Waals surface area (Å²) in [5.41, 5.74) is 1.26. The minimum absolute atomic E-state index is 0.169. The lowest BCUT2D eigenvalue weighted by molar-refractivity contribution is 0.166. The molecule has 0 unspecified atom stereocenters. The minimum Gasteiger partial charge on any atom is -0.207 e. The van der Waals surface area contributed by atoms with Gasteiger partial charge in [0.2, 0.25) is 0 Å². The van der Waals surface area contributed by atoms with Crippen LogP contribution < -0.4 is 0 Å². The third-order valence-electron chi connectivity index (χ3n) is 3.27. The van der Waals surface area contributed by atoms with E-state index in [4.69, 9.17) is 11.6 Å². The largest absolute Gasteiger partial charge is 0.207 e. The zero-order chi connectivity index (χ0) is 10.9. The third-order valence-corrected chi connectivity index (χ3v) is 4.61. The first-order valence-electron chi connectivity index (χ1n) is 5.15. The van der Waals surface area contributed by atoms with Crippen molar-refractivity contribution in [3.8, 4) is 0 Å². The van der Waals surface area contributed by atoms with E-state index in [0.29, 0.717) is 5.88 Å². The zero-order valence-corrected chi connectivity index (χ0v) is 10.7. The maximum atomic E-state index is 13.1. The molecule has 1 aliphatic carbocycles. The first kappa shape index (κ1) is 11.4. The topological polar surface area (TPSA) is 0 Å². The van der Waals surface area contributed by atoms with Crippen LogP contribution in [0.4, 0.5) is 4.39 Å². The van der Waals surface area contributed by atoms with Crippen molar-refractivity contribution in [2.75, 3.05) is 5.88 Å². The van der Waals surface area contributed by atoms with Gasteiger partial charge in [-0.2, -0.15) is 0 Å². The number of benzene rings is 1. The highest BCUT2D eigenvalue weighted by Crippen LogP contribution is 2.45. The summed E-state index contributed by atoms with van der Waals surface area (Å²) in [7, 11) is 0. The van der Waals surface area contributed by atoms with Crippen LogP contribution in [0, 0.1) is 11.2 Å². The molecule has 1 aliphatic rings. The van der Waals surface area contributed by atoms with Crippen LogP contribution in [0.5, 0.6) is 0 Å². The van der Waals surface area contributed by atoms with Crippen LogP contribution in [-0.2, 0) is 6.42 Å². The van der Waals surface area contributed by atoms with Crippen molar-refractivity contribution >= 4 is 27.5 Å². The molecule has 0 aromatic heterocycles. The molecular weight excluding hydrogens is 278 g/mol. The van der Waals surface area contributed by atoms with E-state index < -0.39 is 0 Å². The van der Waals surface area contributed by atoms with Crippen molar-refractivity contribution in [3.63, 3.8) is 0 Å². The van der Waals surface area contributed by atoms with Gasteiger partial charge in [-0.15, -0.1) is 11.6 Å². The van der Waals surface area contributed by atoms with Gasteiger partial charge in [-0.1, -0.05) is 22.4 Å². The number of hydrogen-bond acceptors (Lipinski definition) is 0. The molecule has 15 heavy (non-hydrogen) atoms. The van der Waals surface area contributed by atoms with Gasteiger partial charge in [-0.05, 0) is 48.4 Å². The Morgan fingerprint density at radius 1 is 1.40 bits per heavy atom. The van der Waals surface area contributed by atoms with Crippen molar-refractivity contribution in [2.45, 2.75) is 25.7 Å². The summed E-state index contributed by atoms with van der Waals surface area (Å²) in [6.45, 7) is 0. The molecule has 1 aromatic carbocycles. The van der Waals surface area contributed by atoms with Crippen LogP contribution in [0.3, 0.4) is 0 Å². The molecule has 0 N–H and O–H groups in total. The summed E-state index contributed by atoms with van der Waals surface area (Å²) in [6, 6.07) is 4.85. The Labute approximate surface area is 103 Å². The molecule has 0 heterocycles. The van der Waals surface area contributed by atoms with Crippen molar-refractivity contribution in [2.24, 2.45) is 5.41 Å². The molecule has 0 amide bonds. The highest BCUT2D eigenvalue weighted by atomic mass is 79.9. The fraction of sp³-hybridized carbons (Fsp3) is 0.500. The predicted octanol–water partition coefficient (Wildman–Crippen LogP) is 4.54. The van der Waals surface area contributed by atoms with E-state index in [9.17, 15) is 4.39 Å². The minimum atomic E-state index is -0.169. The average Bonchev–Trinajstić information content (AvgIpc) is 2.17. The van der Waals surface area contributed by atoms with Crippen molar-refractivity contribution in [1.29, 1.82) is 0 Å². The average molecular weight is 292 g/mol. The van der Waals surface area contributed by atoms with Gasteiger partial charge in [0, 0.05) is 10.4 Å². The molecule has 2 rings (SSSR count). The number of hydrogen-bond donors (Lipinski definition) is 0. The molecule has 1 fully saturated rings. The molecule has 0 nitrogen and oxygen atoms in total. The maximum Gasteiger partial charge on any atom is 0.123 e. The molecule has 0 bridgehead atoms. The summed E-state index contributed by atoms with van der Waals surface area (Å²) >= 11 is 9.45. The Morgan fingerprint density at radius 3 is 2.67 bits per heavy atom. The Morgan fingerprint density at radius 2 is 2.13 bits per heavy atom. The monoisotopic (exact) mass is 290 g/mol. The summed E-state index contributed by atoms with van der Waals surface area (Å²) in [5, 5.41) is 0. The fourth-order valence-electron chi connectivity index (χ4n) is 2.12. The zero-order valence-electron chi connectivity index (χ0n) is 8.40. The van der Waals surface area contributed by atoms with Gasteiger partial charge >= 0.3 is 0 Å². The molecule has 82 valence electrons. The molecule has 0 aliphatic heterocycles. The van der Waals surface area contributed by atoms with Crippen molar-refractivity contribution < 1.29 is 4.39 Å². The second kappa shape index (κ2) is 4.42. The second-order valence-electron chi connectivity index (χ2n) is 4.40. The van der Waals surface area contributed by atoms with Crippen LogP contribution in [0.2, 0.25) is 0 Å². The molecule has 0 atom stereocenters. The van der Waals surface area contributed by atoms with Crippen LogP contribution in [0.15, 0.2) is 22.7 Å². The number of rotatable bonds is 3. The van der Waals surface area contributed by atoms with E-state index in [1.165, 1.54) is 25.3 Å². The Kier molecular flexibility index (Phi) is 3.36. The van der Waals surface area contributed by atoms with Crippen molar-refractivity contribution in [3.05, 3.63) is 34.1 Å².